The number of thioether (sulfide) groups is 1. The summed E-state index contributed by atoms with van der Waals surface area (Å²) in [5.41, 5.74) is 0.692. The number of carbonyl (C=O) groups excluding carboxylic acids is 3. The Bertz CT molecular complexity index is 870. The summed E-state index contributed by atoms with van der Waals surface area (Å²) in [5, 5.41) is 15.2. The summed E-state index contributed by atoms with van der Waals surface area (Å²) in [6, 6.07) is 8.52. The fourth-order valence-corrected chi connectivity index (χ4v) is 8.94. The van der Waals surface area contributed by atoms with E-state index in [1.807, 2.05) is 44.2 Å². The number of benzene rings is 1. The number of halogens is 1. The van der Waals surface area contributed by atoms with Crippen LogP contribution in [0.1, 0.15) is 26.7 Å². The molecule has 31 heavy (non-hydrogen) atoms. The Kier molecular flexibility index (Phi) is 6.38. The minimum Gasteiger partial charge on any atom is -0.396 e. The predicted octanol–water partition coefficient (Wildman–Crippen LogP) is 2.00. The summed E-state index contributed by atoms with van der Waals surface area (Å²) in [6.45, 7) is 4.03. The maximum Gasteiger partial charge on any atom is 0.244 e. The van der Waals surface area contributed by atoms with Gasteiger partial charge in [-0.15, -0.1) is 11.8 Å². The molecule has 3 saturated heterocycles. The molecule has 3 N–H and O–H groups in total. The lowest BCUT2D eigenvalue weighted by atomic mass is 9.70. The van der Waals surface area contributed by atoms with Gasteiger partial charge in [-0.2, -0.15) is 0 Å². The highest BCUT2D eigenvalue weighted by Crippen LogP contribution is 2.67. The van der Waals surface area contributed by atoms with Crippen LogP contribution < -0.4 is 10.6 Å². The van der Waals surface area contributed by atoms with E-state index in [4.69, 9.17) is 0 Å². The number of hydrogen-bond donors (Lipinski definition) is 3. The highest BCUT2D eigenvalue weighted by atomic mass is 79.9. The van der Waals surface area contributed by atoms with Gasteiger partial charge in [0.1, 0.15) is 6.04 Å². The van der Waals surface area contributed by atoms with Gasteiger partial charge in [0, 0.05) is 35.0 Å². The average molecular weight is 510 g/mol. The van der Waals surface area contributed by atoms with Crippen LogP contribution in [0.15, 0.2) is 30.3 Å². The normalized spacial score (nSPS) is 33.6. The minimum absolute atomic E-state index is 0.0419. The number of hydrogen-bond acceptors (Lipinski definition) is 5. The average Bonchev–Trinajstić information content (AvgIpc) is 3.30. The summed E-state index contributed by atoms with van der Waals surface area (Å²) in [6.07, 6.45) is 1.05. The number of para-hydroxylation sites is 1. The fraction of sp³-hybridized carbons (Fsp3) is 0.591. The molecule has 9 heteroatoms. The van der Waals surface area contributed by atoms with Crippen LogP contribution in [-0.4, -0.2) is 67.8 Å². The van der Waals surface area contributed by atoms with Crippen LogP contribution in [-0.2, 0) is 14.4 Å². The van der Waals surface area contributed by atoms with Gasteiger partial charge in [0.2, 0.25) is 17.7 Å². The van der Waals surface area contributed by atoms with Gasteiger partial charge < -0.3 is 20.6 Å². The fourth-order valence-electron chi connectivity index (χ4n) is 5.32. The first-order valence-electron chi connectivity index (χ1n) is 10.7. The summed E-state index contributed by atoms with van der Waals surface area (Å²) < 4.78 is -0.650. The van der Waals surface area contributed by atoms with Crippen molar-refractivity contribution in [1.29, 1.82) is 0 Å². The molecule has 0 saturated carbocycles. The lowest BCUT2D eigenvalue weighted by Gasteiger charge is -2.35. The smallest absolute Gasteiger partial charge is 0.244 e. The molecule has 1 spiro atoms. The Morgan fingerprint density at radius 3 is 2.65 bits per heavy atom. The largest absolute Gasteiger partial charge is 0.396 e. The first-order chi connectivity index (χ1) is 14.8. The number of fused-ring (bicyclic) bond motifs is 1. The molecule has 3 unspecified atom stereocenters. The number of amides is 3. The zero-order valence-corrected chi connectivity index (χ0v) is 20.0. The number of aliphatic hydroxyl groups is 1. The molecule has 0 radical (unpaired) electrons. The Hall–Kier alpha value is -1.58. The predicted molar refractivity (Wildman–Crippen MR) is 124 cm³/mol. The minimum atomic E-state index is -0.650. The van der Waals surface area contributed by atoms with E-state index in [1.165, 1.54) is 0 Å². The van der Waals surface area contributed by atoms with Crippen molar-refractivity contribution in [3.05, 3.63) is 30.3 Å². The molecule has 3 heterocycles. The van der Waals surface area contributed by atoms with Crippen molar-refractivity contribution in [2.24, 2.45) is 11.8 Å². The molecule has 1 aromatic carbocycles. The van der Waals surface area contributed by atoms with Crippen LogP contribution in [0.2, 0.25) is 0 Å². The van der Waals surface area contributed by atoms with Crippen molar-refractivity contribution in [3.63, 3.8) is 0 Å². The second-order valence-corrected chi connectivity index (χ2v) is 11.5. The van der Waals surface area contributed by atoms with Gasteiger partial charge in [0.05, 0.1) is 16.6 Å². The van der Waals surface area contributed by atoms with Crippen molar-refractivity contribution < 1.29 is 19.5 Å². The summed E-state index contributed by atoms with van der Waals surface area (Å²) >= 11 is 5.35. The first kappa shape index (κ1) is 22.6. The molecule has 1 aromatic rings. The molecule has 3 fully saturated rings. The Labute approximate surface area is 194 Å². The highest BCUT2D eigenvalue weighted by molar-refractivity contribution is 9.09. The topological polar surface area (TPSA) is 98.7 Å². The molecule has 7 nitrogen and oxygen atoms in total. The summed E-state index contributed by atoms with van der Waals surface area (Å²) in [5.74, 6) is -1.59. The van der Waals surface area contributed by atoms with E-state index >= 15 is 0 Å². The number of alkyl halides is 1. The number of aliphatic hydroxyl groups excluding tert-OH is 1. The molecular weight excluding hydrogens is 482 g/mol. The van der Waals surface area contributed by atoms with Gasteiger partial charge in [0.15, 0.2) is 0 Å². The number of anilines is 1. The second-order valence-electron chi connectivity index (χ2n) is 8.79. The third kappa shape index (κ3) is 3.78. The Balaban J connectivity index is 1.69. The highest BCUT2D eigenvalue weighted by Gasteiger charge is 2.75. The number of carbonyl (C=O) groups is 3. The molecule has 3 aliphatic heterocycles. The van der Waals surface area contributed by atoms with E-state index in [9.17, 15) is 19.5 Å². The third-order valence-electron chi connectivity index (χ3n) is 6.37. The second kappa shape index (κ2) is 8.75. The van der Waals surface area contributed by atoms with Gasteiger partial charge in [-0.3, -0.25) is 14.4 Å². The quantitative estimate of drug-likeness (QED) is 0.488. The van der Waals surface area contributed by atoms with E-state index in [1.54, 1.807) is 16.7 Å². The third-order valence-corrected chi connectivity index (χ3v) is 9.59. The Morgan fingerprint density at radius 2 is 2.00 bits per heavy atom. The van der Waals surface area contributed by atoms with E-state index in [0.717, 1.165) is 0 Å². The zero-order chi connectivity index (χ0) is 22.3. The van der Waals surface area contributed by atoms with Crippen LogP contribution >= 0.6 is 27.7 Å². The molecule has 6 atom stereocenters. The molecule has 2 bridgehead atoms. The maximum atomic E-state index is 13.6. The SMILES string of the molecule is CC(C)NC(=O)C1N(CCCO)C(=O)[C@@H]2[C@H](C(=O)Nc3ccccc3)[C@H]3SC12CC3Br. The van der Waals surface area contributed by atoms with Crippen LogP contribution in [0.3, 0.4) is 0 Å². The maximum absolute atomic E-state index is 13.6. The number of nitrogens with one attached hydrogen (secondary N) is 2. The molecule has 3 amide bonds. The van der Waals surface area contributed by atoms with E-state index < -0.39 is 22.6 Å². The van der Waals surface area contributed by atoms with Gasteiger partial charge in [-0.1, -0.05) is 34.1 Å². The standard InChI is InChI=1S/C22H28BrN3O4S/c1-12(2)24-20(29)18-22-11-14(23)17(31-22)15(16(22)21(30)26(18)9-6-10-27)19(28)25-13-7-4-3-5-8-13/h3-5,7-8,12,14-18,27H,6,9-11H2,1-2H3,(H,24,29)(H,25,28)/t14?,15-,16-,17-,18?,22?/m0/s1. The van der Waals surface area contributed by atoms with Gasteiger partial charge in [-0.05, 0) is 38.8 Å². The summed E-state index contributed by atoms with van der Waals surface area (Å²) in [7, 11) is 0. The van der Waals surface area contributed by atoms with E-state index in [-0.39, 0.29) is 40.4 Å². The summed E-state index contributed by atoms with van der Waals surface area (Å²) in [4.78, 5) is 41.9. The number of nitrogens with zero attached hydrogens (tertiary/aromatic N) is 1. The van der Waals surface area contributed by atoms with Crippen LogP contribution in [0.4, 0.5) is 5.69 Å². The molecule has 168 valence electrons. The Morgan fingerprint density at radius 1 is 1.29 bits per heavy atom. The molecular formula is C22H28BrN3O4S. The molecule has 0 aliphatic carbocycles. The van der Waals surface area contributed by atoms with Gasteiger partial charge >= 0.3 is 0 Å². The molecule has 0 aromatic heterocycles. The molecule has 4 rings (SSSR count). The first-order valence-corrected chi connectivity index (χ1v) is 12.5. The van der Waals surface area contributed by atoms with Gasteiger partial charge in [-0.25, -0.2) is 0 Å². The van der Waals surface area contributed by atoms with Crippen molar-refractivity contribution >= 4 is 51.1 Å². The van der Waals surface area contributed by atoms with Crippen molar-refractivity contribution in [2.75, 3.05) is 18.5 Å². The van der Waals surface area contributed by atoms with Gasteiger partial charge in [0.25, 0.3) is 0 Å². The number of likely N-dealkylation sites (tertiary alicyclic amines) is 1. The lowest BCUT2D eigenvalue weighted by molar-refractivity contribution is -0.139. The lowest BCUT2D eigenvalue weighted by Crippen LogP contribution is -2.55. The zero-order valence-electron chi connectivity index (χ0n) is 17.6. The molecule has 3 aliphatic rings. The van der Waals surface area contributed by atoms with Crippen molar-refractivity contribution in [2.45, 2.75) is 53.6 Å². The van der Waals surface area contributed by atoms with Crippen LogP contribution in [0, 0.1) is 11.8 Å². The van der Waals surface area contributed by atoms with Crippen LogP contribution in [0.25, 0.3) is 0 Å². The monoisotopic (exact) mass is 509 g/mol. The van der Waals surface area contributed by atoms with Crippen molar-refractivity contribution in [1.82, 2.24) is 10.2 Å². The van der Waals surface area contributed by atoms with Crippen molar-refractivity contribution in [3.8, 4) is 0 Å². The van der Waals surface area contributed by atoms with E-state index in [0.29, 0.717) is 25.1 Å². The van der Waals surface area contributed by atoms with Crippen LogP contribution in [0.5, 0.6) is 0 Å². The van der Waals surface area contributed by atoms with E-state index in [2.05, 4.69) is 26.6 Å². The number of rotatable bonds is 7.